The molecule has 0 heterocycles. The van der Waals surface area contributed by atoms with Gasteiger partial charge in [0.1, 0.15) is 0 Å². The molecule has 0 saturated heterocycles. The van der Waals surface area contributed by atoms with Crippen molar-refractivity contribution < 1.29 is 0 Å². The summed E-state index contributed by atoms with van der Waals surface area (Å²) in [5.74, 6) is 0. The lowest BCUT2D eigenvalue weighted by Crippen LogP contribution is -1.58. The van der Waals surface area contributed by atoms with Gasteiger partial charge in [-0.3, -0.25) is 0 Å². The molecule has 0 radical (unpaired) electrons. The van der Waals surface area contributed by atoms with Crippen LogP contribution in [0.15, 0.2) is 170 Å². The van der Waals surface area contributed by atoms with Crippen LogP contribution in [0.25, 0.3) is 0 Å². The summed E-state index contributed by atoms with van der Waals surface area (Å²) in [4.78, 5) is 0. The molecule has 0 unspecified atom stereocenters. The molecule has 0 aromatic carbocycles. The van der Waals surface area contributed by atoms with Crippen LogP contribution < -0.4 is 0 Å². The first-order valence-corrected chi connectivity index (χ1v) is 9.82. The number of hydrogen-bond donors (Lipinski definition) is 0. The van der Waals surface area contributed by atoms with Gasteiger partial charge in [-0.15, -0.1) is 0 Å². The topological polar surface area (TPSA) is 0 Å². The maximum Gasteiger partial charge on any atom is -0.0163 e. The lowest BCUT2D eigenvalue weighted by molar-refractivity contribution is 1.39. The Morgan fingerprint density at radius 1 is 0.172 bits per heavy atom. The van der Waals surface area contributed by atoms with Crippen LogP contribution in [-0.2, 0) is 0 Å². The maximum atomic E-state index is 2.12. The lowest BCUT2D eigenvalue weighted by Gasteiger charge is -1.79. The Hall–Kier alpha value is -3.64. The maximum absolute atomic E-state index is 2.12. The van der Waals surface area contributed by atoms with Crippen molar-refractivity contribution in [3.8, 4) is 0 Å². The van der Waals surface area contributed by atoms with Crippen LogP contribution in [0.2, 0.25) is 0 Å². The van der Waals surface area contributed by atoms with E-state index in [0.717, 1.165) is 6.42 Å². The van der Waals surface area contributed by atoms with Gasteiger partial charge in [0, 0.05) is 0 Å². The van der Waals surface area contributed by atoms with Gasteiger partial charge in [0.05, 0.1) is 0 Å². The third-order valence-corrected chi connectivity index (χ3v) is 3.32. The van der Waals surface area contributed by atoms with Crippen molar-refractivity contribution in [2.45, 2.75) is 6.42 Å². The van der Waals surface area contributed by atoms with Gasteiger partial charge in [0.25, 0.3) is 0 Å². The number of rotatable bonds is 0. The average Bonchev–Trinajstić information content (AvgIpc) is 2.73. The van der Waals surface area contributed by atoms with Crippen LogP contribution >= 0.6 is 0 Å². The van der Waals surface area contributed by atoms with E-state index in [0.29, 0.717) is 0 Å². The molecule has 0 heteroatoms. The smallest absolute Gasteiger partial charge is 0.0163 e. The minimum absolute atomic E-state index is 0.920. The van der Waals surface area contributed by atoms with Crippen molar-refractivity contribution in [2.75, 3.05) is 0 Å². The van der Waals surface area contributed by atoms with Gasteiger partial charge >= 0.3 is 0 Å². The van der Waals surface area contributed by atoms with Crippen LogP contribution in [0.5, 0.6) is 0 Å². The first-order chi connectivity index (χ1) is 14.5. The Bertz CT molecular complexity index is 747. The van der Waals surface area contributed by atoms with Crippen LogP contribution in [-0.4, -0.2) is 0 Å². The summed E-state index contributed by atoms with van der Waals surface area (Å²) in [6.07, 6.45) is 57.5. The molecule has 1 aliphatic rings. The zero-order valence-corrected chi connectivity index (χ0v) is 16.9. The highest BCUT2D eigenvalue weighted by molar-refractivity contribution is 5.24. The van der Waals surface area contributed by atoms with Gasteiger partial charge in [-0.2, -0.15) is 0 Å². The van der Waals surface area contributed by atoms with Crippen molar-refractivity contribution in [1.82, 2.24) is 0 Å². The molecule has 0 amide bonds. The summed E-state index contributed by atoms with van der Waals surface area (Å²) in [7, 11) is 0. The predicted molar refractivity (Wildman–Crippen MR) is 133 cm³/mol. The normalized spacial score (nSPS) is 16.3. The zero-order chi connectivity index (χ0) is 20.5. The Balaban J connectivity index is 2.64. The van der Waals surface area contributed by atoms with Gasteiger partial charge in [-0.1, -0.05) is 170 Å². The molecule has 29 heavy (non-hydrogen) atoms. The summed E-state index contributed by atoms with van der Waals surface area (Å²) in [6.45, 7) is 0. The van der Waals surface area contributed by atoms with Crippen molar-refractivity contribution >= 4 is 0 Å². The molecule has 146 valence electrons. The van der Waals surface area contributed by atoms with Crippen molar-refractivity contribution in [2.24, 2.45) is 0 Å². The standard InChI is InChI=1S/C29H30/c1-2-4-6-8-10-12-14-16-18-20-22-24-26-28-29-27-25-23-21-19-17-15-13-11-9-7-5-3-1/h1-28H,29H2. The molecule has 0 N–H and O–H groups in total. The second kappa shape index (κ2) is 20.7. The van der Waals surface area contributed by atoms with Gasteiger partial charge in [0.2, 0.25) is 0 Å². The Kier molecular flexibility index (Phi) is 16.7. The lowest BCUT2D eigenvalue weighted by atomic mass is 10.3. The fourth-order valence-corrected chi connectivity index (χ4v) is 1.93. The highest BCUT2D eigenvalue weighted by atomic mass is 13.8. The first kappa shape index (κ1) is 23.4. The second-order valence-corrected chi connectivity index (χ2v) is 5.71. The van der Waals surface area contributed by atoms with Crippen LogP contribution in [0.3, 0.4) is 0 Å². The molecule has 0 aromatic heterocycles. The molecular formula is C29H30. The van der Waals surface area contributed by atoms with Crippen LogP contribution in [0.1, 0.15) is 6.42 Å². The monoisotopic (exact) mass is 378 g/mol. The third-order valence-electron chi connectivity index (χ3n) is 3.32. The van der Waals surface area contributed by atoms with Crippen LogP contribution in [0, 0.1) is 0 Å². The van der Waals surface area contributed by atoms with Gasteiger partial charge in [-0.25, -0.2) is 0 Å². The number of allylic oxidation sites excluding steroid dienone is 28. The van der Waals surface area contributed by atoms with E-state index in [2.05, 4.69) is 24.3 Å². The Morgan fingerprint density at radius 2 is 0.310 bits per heavy atom. The summed E-state index contributed by atoms with van der Waals surface area (Å²) in [5.41, 5.74) is 0. The Labute approximate surface area is 176 Å². The third kappa shape index (κ3) is 18.9. The highest BCUT2D eigenvalue weighted by Gasteiger charge is 1.69. The Morgan fingerprint density at radius 3 is 0.483 bits per heavy atom. The molecule has 0 spiro atoms. The van der Waals surface area contributed by atoms with E-state index in [1.807, 2.05) is 146 Å². The van der Waals surface area contributed by atoms with E-state index in [4.69, 9.17) is 0 Å². The molecule has 1 rings (SSSR count). The van der Waals surface area contributed by atoms with E-state index >= 15 is 0 Å². The van der Waals surface area contributed by atoms with E-state index in [1.54, 1.807) is 0 Å². The average molecular weight is 379 g/mol. The summed E-state index contributed by atoms with van der Waals surface area (Å²) < 4.78 is 0. The molecule has 1 aliphatic carbocycles. The van der Waals surface area contributed by atoms with E-state index < -0.39 is 0 Å². The fourth-order valence-electron chi connectivity index (χ4n) is 1.93. The molecule has 0 fully saturated rings. The minimum Gasteiger partial charge on any atom is -0.0807 e. The summed E-state index contributed by atoms with van der Waals surface area (Å²) in [5, 5.41) is 0. The second-order valence-electron chi connectivity index (χ2n) is 5.71. The van der Waals surface area contributed by atoms with Gasteiger partial charge in [0.15, 0.2) is 0 Å². The van der Waals surface area contributed by atoms with Gasteiger partial charge < -0.3 is 0 Å². The zero-order valence-electron chi connectivity index (χ0n) is 16.9. The molecule has 0 bridgehead atoms. The fraction of sp³-hybridized carbons (Fsp3) is 0.0345. The highest BCUT2D eigenvalue weighted by Crippen LogP contribution is 1.91. The SMILES string of the molecule is C1=CC=CC=CC=CC=CC=CC=CCC=CC=CC=CC=CC=CC=CC=C1. The molecule has 0 aromatic rings. The molecule has 0 saturated carbocycles. The molecule has 0 aliphatic heterocycles. The number of hydrogen-bond acceptors (Lipinski definition) is 0. The van der Waals surface area contributed by atoms with Crippen molar-refractivity contribution in [3.63, 3.8) is 0 Å². The van der Waals surface area contributed by atoms with E-state index in [-0.39, 0.29) is 0 Å². The van der Waals surface area contributed by atoms with Crippen molar-refractivity contribution in [3.05, 3.63) is 170 Å². The quantitative estimate of drug-likeness (QED) is 0.398. The van der Waals surface area contributed by atoms with E-state index in [9.17, 15) is 0 Å². The van der Waals surface area contributed by atoms with Gasteiger partial charge in [-0.05, 0) is 6.42 Å². The molecule has 0 atom stereocenters. The van der Waals surface area contributed by atoms with Crippen molar-refractivity contribution in [1.29, 1.82) is 0 Å². The summed E-state index contributed by atoms with van der Waals surface area (Å²) >= 11 is 0. The van der Waals surface area contributed by atoms with E-state index in [1.165, 1.54) is 0 Å². The summed E-state index contributed by atoms with van der Waals surface area (Å²) in [6, 6.07) is 0. The van der Waals surface area contributed by atoms with Crippen LogP contribution in [0.4, 0.5) is 0 Å². The molecular weight excluding hydrogens is 348 g/mol. The predicted octanol–water partition coefficient (Wildman–Crippen LogP) is 8.18. The largest absolute Gasteiger partial charge is 0.0807 e. The first-order valence-electron chi connectivity index (χ1n) is 9.82. The molecule has 0 nitrogen and oxygen atoms in total. The minimum atomic E-state index is 0.920.